The molecule has 0 amide bonds. The topological polar surface area (TPSA) is 36.3 Å². The monoisotopic (exact) mass is 135 g/mol. The molecule has 0 spiro atoms. The van der Waals surface area contributed by atoms with Gasteiger partial charge in [-0.3, -0.25) is 0 Å². The van der Waals surface area contributed by atoms with Crippen molar-refractivity contribution in [2.45, 2.75) is 25.0 Å². The quantitative estimate of drug-likeness (QED) is 0.463. The van der Waals surface area contributed by atoms with Gasteiger partial charge in [-0.1, -0.05) is 0 Å². The number of nitrogens with zero attached hydrogens (tertiary/aromatic N) is 1. The zero-order valence-electron chi connectivity index (χ0n) is 5.66. The van der Waals surface area contributed by atoms with Crippen molar-refractivity contribution in [3.8, 4) is 6.07 Å². The number of fused-ring (bicyclic) bond motifs is 5. The molecule has 0 unspecified atom stereocenters. The summed E-state index contributed by atoms with van der Waals surface area (Å²) in [5.41, 5.74) is 0. The van der Waals surface area contributed by atoms with Crippen molar-refractivity contribution >= 4 is 0 Å². The fourth-order valence-corrected chi connectivity index (χ4v) is 2.75. The smallest absolute Gasteiger partial charge is 0.0885 e. The van der Waals surface area contributed by atoms with Gasteiger partial charge in [-0.15, -0.1) is 0 Å². The first-order valence-corrected chi connectivity index (χ1v) is 3.95. The Kier molecular flexibility index (Phi) is 0.709. The van der Waals surface area contributed by atoms with Crippen molar-refractivity contribution in [1.82, 2.24) is 0 Å². The van der Waals surface area contributed by atoms with Crippen molar-refractivity contribution in [1.29, 1.82) is 5.26 Å². The minimum Gasteiger partial charge on any atom is -0.369 e. The molecule has 52 valence electrons. The first-order chi connectivity index (χ1) is 4.90. The summed E-state index contributed by atoms with van der Waals surface area (Å²) < 4.78 is 5.42. The van der Waals surface area contributed by atoms with Crippen molar-refractivity contribution in [2.75, 3.05) is 0 Å². The molecule has 0 N–H and O–H groups in total. The number of nitriles is 1. The molecule has 1 heterocycles. The Balaban J connectivity index is 1.93. The first-order valence-electron chi connectivity index (χ1n) is 3.95. The molecule has 1 aliphatic heterocycles. The van der Waals surface area contributed by atoms with Gasteiger partial charge in [0.05, 0.1) is 24.2 Å². The lowest BCUT2D eigenvalue weighted by Crippen LogP contribution is -2.15. The van der Waals surface area contributed by atoms with Crippen LogP contribution in [0.1, 0.15) is 12.8 Å². The summed E-state index contributed by atoms with van der Waals surface area (Å²) in [6.07, 6.45) is 3.47. The molecule has 1 saturated heterocycles. The van der Waals surface area contributed by atoms with E-state index >= 15 is 0 Å². The van der Waals surface area contributed by atoms with Crippen LogP contribution in [-0.4, -0.2) is 12.2 Å². The van der Waals surface area contributed by atoms with Crippen molar-refractivity contribution in [3.05, 3.63) is 0 Å². The van der Waals surface area contributed by atoms with Crippen LogP contribution < -0.4 is 0 Å². The zero-order chi connectivity index (χ0) is 6.72. The van der Waals surface area contributed by atoms with Crippen LogP contribution in [0.2, 0.25) is 0 Å². The van der Waals surface area contributed by atoms with Crippen LogP contribution >= 0.6 is 0 Å². The fourth-order valence-electron chi connectivity index (χ4n) is 2.75. The lowest BCUT2D eigenvalue weighted by Gasteiger charge is -2.09. The van der Waals surface area contributed by atoms with Gasteiger partial charge in [-0.25, -0.2) is 0 Å². The predicted molar refractivity (Wildman–Crippen MR) is 34.0 cm³/mol. The summed E-state index contributed by atoms with van der Waals surface area (Å²) >= 11 is 0. The van der Waals surface area contributed by atoms with Crippen LogP contribution in [0.15, 0.2) is 0 Å². The van der Waals surface area contributed by atoms with Gasteiger partial charge < -0.3 is 4.74 Å². The van der Waals surface area contributed by atoms with Gasteiger partial charge in [-0.2, -0.15) is 5.26 Å². The van der Waals surface area contributed by atoms with E-state index in [1.54, 1.807) is 0 Å². The van der Waals surface area contributed by atoms with E-state index in [0.717, 1.165) is 12.3 Å². The number of hydrogen-bond donors (Lipinski definition) is 0. The van der Waals surface area contributed by atoms with Gasteiger partial charge in [-0.05, 0) is 18.8 Å². The maximum atomic E-state index is 8.72. The Labute approximate surface area is 59.8 Å². The summed E-state index contributed by atoms with van der Waals surface area (Å²) in [6, 6.07) is 2.37. The van der Waals surface area contributed by atoms with Gasteiger partial charge >= 0.3 is 0 Å². The molecule has 0 aromatic rings. The first kappa shape index (κ1) is 5.15. The molecule has 3 fully saturated rings. The SMILES string of the molecule is N#C[C@H]1C[C@@H]2C[C@H]1[C@H]1O[C@@H]21. The molecule has 3 aliphatic rings. The lowest BCUT2D eigenvalue weighted by molar-refractivity contribution is 0.259. The van der Waals surface area contributed by atoms with Crippen LogP contribution in [0.25, 0.3) is 0 Å². The molecule has 2 bridgehead atoms. The Morgan fingerprint density at radius 1 is 1.30 bits per heavy atom. The maximum absolute atomic E-state index is 8.72. The van der Waals surface area contributed by atoms with Gasteiger partial charge in [0.25, 0.3) is 0 Å². The van der Waals surface area contributed by atoms with Crippen molar-refractivity contribution < 1.29 is 4.74 Å². The second-order valence-electron chi connectivity index (χ2n) is 3.70. The molecule has 10 heavy (non-hydrogen) atoms. The third-order valence-corrected chi connectivity index (χ3v) is 3.26. The molecule has 3 rings (SSSR count). The van der Waals surface area contributed by atoms with Crippen molar-refractivity contribution in [2.24, 2.45) is 17.8 Å². The normalized spacial score (nSPS) is 61.7. The second-order valence-corrected chi connectivity index (χ2v) is 3.70. The van der Waals surface area contributed by atoms with Crippen LogP contribution in [0.3, 0.4) is 0 Å². The number of rotatable bonds is 0. The number of epoxide rings is 1. The number of hydrogen-bond acceptors (Lipinski definition) is 2. The molecule has 2 nitrogen and oxygen atoms in total. The van der Waals surface area contributed by atoms with E-state index in [0.29, 0.717) is 24.0 Å². The standard InChI is InChI=1S/C8H9NO/c9-3-5-1-4-2-6(5)8-7(4)10-8/h4-8H,1-2H2/t4-,5-,6-,7+,8-/m1/s1. The molecular formula is C8H9NO. The molecule has 0 aromatic heterocycles. The molecule has 2 heteroatoms. The van der Waals surface area contributed by atoms with Gasteiger partial charge in [0.15, 0.2) is 0 Å². The van der Waals surface area contributed by atoms with Crippen LogP contribution in [0.5, 0.6) is 0 Å². The van der Waals surface area contributed by atoms with E-state index in [1.165, 1.54) is 6.42 Å². The summed E-state index contributed by atoms with van der Waals surface area (Å²) in [7, 11) is 0. The highest BCUT2D eigenvalue weighted by Crippen LogP contribution is 2.58. The van der Waals surface area contributed by atoms with E-state index < -0.39 is 0 Å². The average Bonchev–Trinajstić information content (AvgIpc) is 2.58. The fraction of sp³-hybridized carbons (Fsp3) is 0.875. The van der Waals surface area contributed by atoms with Crippen LogP contribution in [-0.2, 0) is 4.74 Å². The lowest BCUT2D eigenvalue weighted by atomic mass is 9.90. The third kappa shape index (κ3) is 0.411. The molecular weight excluding hydrogens is 126 g/mol. The predicted octanol–water partition coefficient (Wildman–Crippen LogP) is 0.933. The Bertz CT molecular complexity index is 220. The van der Waals surface area contributed by atoms with Gasteiger partial charge in [0.2, 0.25) is 0 Å². The number of ether oxygens (including phenoxy) is 1. The van der Waals surface area contributed by atoms with E-state index in [1.807, 2.05) is 0 Å². The Morgan fingerprint density at radius 2 is 2.20 bits per heavy atom. The minimum atomic E-state index is 0.328. The average molecular weight is 135 g/mol. The largest absolute Gasteiger partial charge is 0.369 e. The summed E-state index contributed by atoms with van der Waals surface area (Å²) in [6.45, 7) is 0. The van der Waals surface area contributed by atoms with Crippen LogP contribution in [0, 0.1) is 29.1 Å². The molecule has 2 saturated carbocycles. The van der Waals surface area contributed by atoms with Crippen molar-refractivity contribution in [3.63, 3.8) is 0 Å². The summed E-state index contributed by atoms with van der Waals surface area (Å²) in [5, 5.41) is 8.72. The highest BCUT2D eigenvalue weighted by atomic mass is 16.6. The molecule has 5 atom stereocenters. The van der Waals surface area contributed by atoms with E-state index in [9.17, 15) is 0 Å². The highest BCUT2D eigenvalue weighted by molar-refractivity contribution is 5.14. The van der Waals surface area contributed by atoms with Gasteiger partial charge in [0, 0.05) is 5.92 Å². The third-order valence-electron chi connectivity index (χ3n) is 3.26. The van der Waals surface area contributed by atoms with E-state index in [-0.39, 0.29) is 0 Å². The molecule has 2 aliphatic carbocycles. The second kappa shape index (κ2) is 1.38. The van der Waals surface area contributed by atoms with E-state index in [4.69, 9.17) is 10.00 Å². The summed E-state index contributed by atoms with van der Waals surface area (Å²) in [4.78, 5) is 0. The van der Waals surface area contributed by atoms with Gasteiger partial charge in [0.1, 0.15) is 0 Å². The Hall–Kier alpha value is -0.550. The molecule has 0 aromatic carbocycles. The highest BCUT2D eigenvalue weighted by Gasteiger charge is 2.63. The maximum Gasteiger partial charge on any atom is 0.0885 e. The minimum absolute atomic E-state index is 0.328. The Morgan fingerprint density at radius 3 is 2.80 bits per heavy atom. The molecule has 0 radical (unpaired) electrons. The van der Waals surface area contributed by atoms with E-state index in [2.05, 4.69) is 6.07 Å². The summed E-state index contributed by atoms with van der Waals surface area (Å²) in [5.74, 6) is 1.69. The van der Waals surface area contributed by atoms with Crippen LogP contribution in [0.4, 0.5) is 0 Å². The zero-order valence-corrected chi connectivity index (χ0v) is 5.66.